The summed E-state index contributed by atoms with van der Waals surface area (Å²) in [5, 5.41) is 3.33. The zero-order valence-corrected chi connectivity index (χ0v) is 16.0. The Bertz CT molecular complexity index is 760. The minimum Gasteiger partial charge on any atom is -0.496 e. The number of methoxy groups -OCH3 is 1. The van der Waals surface area contributed by atoms with Crippen molar-refractivity contribution in [3.63, 3.8) is 0 Å². The van der Waals surface area contributed by atoms with Gasteiger partial charge in [0.05, 0.1) is 26.2 Å². The van der Waals surface area contributed by atoms with E-state index in [1.54, 1.807) is 25.3 Å². The highest BCUT2D eigenvalue weighted by molar-refractivity contribution is 5.85. The molecule has 7 heteroatoms. The molecule has 1 aliphatic rings. The van der Waals surface area contributed by atoms with E-state index in [0.29, 0.717) is 13.1 Å². The summed E-state index contributed by atoms with van der Waals surface area (Å²) in [6, 6.07) is 13.8. The first-order valence-corrected chi connectivity index (χ1v) is 8.71. The number of para-hydroxylation sites is 2. The Hall–Kier alpha value is -2.31. The number of halogens is 2. The molecule has 5 nitrogen and oxygen atoms in total. The maximum Gasteiger partial charge on any atom is 0.226 e. The van der Waals surface area contributed by atoms with Gasteiger partial charge in [-0.25, -0.2) is 4.39 Å². The van der Waals surface area contributed by atoms with Gasteiger partial charge in [-0.3, -0.25) is 4.79 Å². The maximum absolute atomic E-state index is 13.6. The van der Waals surface area contributed by atoms with Crippen molar-refractivity contribution in [2.75, 3.05) is 33.4 Å². The van der Waals surface area contributed by atoms with Crippen LogP contribution in [0.1, 0.15) is 18.0 Å². The number of ether oxygens (including phenoxy) is 2. The predicted octanol–water partition coefficient (Wildman–Crippen LogP) is 3.20. The van der Waals surface area contributed by atoms with E-state index in [1.807, 2.05) is 29.2 Å². The van der Waals surface area contributed by atoms with Gasteiger partial charge in [-0.1, -0.05) is 30.3 Å². The van der Waals surface area contributed by atoms with Crippen molar-refractivity contribution in [3.8, 4) is 11.5 Å². The van der Waals surface area contributed by atoms with E-state index in [4.69, 9.17) is 9.47 Å². The lowest BCUT2D eigenvalue weighted by Crippen LogP contribution is -2.49. The van der Waals surface area contributed by atoms with Crippen molar-refractivity contribution in [1.29, 1.82) is 0 Å². The van der Waals surface area contributed by atoms with Crippen LogP contribution in [0.2, 0.25) is 0 Å². The van der Waals surface area contributed by atoms with Crippen LogP contribution >= 0.6 is 12.4 Å². The lowest BCUT2D eigenvalue weighted by molar-refractivity contribution is -0.135. The predicted molar refractivity (Wildman–Crippen MR) is 104 cm³/mol. The number of piperazine rings is 1. The fourth-order valence-electron chi connectivity index (χ4n) is 3.18. The van der Waals surface area contributed by atoms with Crippen LogP contribution in [-0.2, 0) is 4.79 Å². The molecule has 1 unspecified atom stereocenters. The van der Waals surface area contributed by atoms with Crippen LogP contribution < -0.4 is 14.8 Å². The summed E-state index contributed by atoms with van der Waals surface area (Å²) in [5.74, 6) is 0.497. The standard InChI is InChI=1S/C20H23FN2O3.ClH/c1-25-18-8-4-2-6-15(18)17-14-22-11-12-23(17)20(24)10-13-26-19-9-5-3-7-16(19)21;/h2-9,17,22H,10-14H2,1H3;1H. The fraction of sp³-hybridized carbons (Fsp3) is 0.350. The van der Waals surface area contributed by atoms with Crippen LogP contribution in [0.15, 0.2) is 48.5 Å². The Morgan fingerprint density at radius 2 is 1.89 bits per heavy atom. The Balaban J connectivity index is 0.00000261. The number of amides is 1. The number of rotatable bonds is 6. The minimum atomic E-state index is -0.422. The molecule has 1 N–H and O–H groups in total. The van der Waals surface area contributed by atoms with E-state index in [2.05, 4.69) is 5.32 Å². The van der Waals surface area contributed by atoms with Gasteiger partial charge in [-0.2, -0.15) is 0 Å². The second-order valence-corrected chi connectivity index (χ2v) is 6.08. The molecule has 0 saturated carbocycles. The Labute approximate surface area is 164 Å². The lowest BCUT2D eigenvalue weighted by atomic mass is 10.0. The molecule has 1 aliphatic heterocycles. The summed E-state index contributed by atoms with van der Waals surface area (Å²) in [6.07, 6.45) is 0.194. The van der Waals surface area contributed by atoms with E-state index in [9.17, 15) is 9.18 Å². The third-order valence-corrected chi connectivity index (χ3v) is 4.47. The number of hydrogen-bond donors (Lipinski definition) is 1. The van der Waals surface area contributed by atoms with E-state index in [0.717, 1.165) is 17.9 Å². The molecule has 0 aromatic heterocycles. The quantitative estimate of drug-likeness (QED) is 0.817. The number of nitrogens with zero attached hydrogens (tertiary/aromatic N) is 1. The highest BCUT2D eigenvalue weighted by Crippen LogP contribution is 2.30. The van der Waals surface area contributed by atoms with E-state index >= 15 is 0 Å². The molecule has 2 aromatic carbocycles. The van der Waals surface area contributed by atoms with Gasteiger partial charge in [-0.15, -0.1) is 12.4 Å². The molecular weight excluding hydrogens is 371 g/mol. The average molecular weight is 395 g/mol. The van der Waals surface area contributed by atoms with Crippen molar-refractivity contribution in [2.24, 2.45) is 0 Å². The minimum absolute atomic E-state index is 0. The zero-order chi connectivity index (χ0) is 18.4. The summed E-state index contributed by atoms with van der Waals surface area (Å²) in [7, 11) is 1.63. The second kappa shape index (κ2) is 10.1. The molecule has 1 amide bonds. The number of hydrogen-bond acceptors (Lipinski definition) is 4. The van der Waals surface area contributed by atoms with Gasteiger partial charge >= 0.3 is 0 Å². The summed E-state index contributed by atoms with van der Waals surface area (Å²) in [6.45, 7) is 2.16. The Morgan fingerprint density at radius 3 is 2.63 bits per heavy atom. The lowest BCUT2D eigenvalue weighted by Gasteiger charge is -2.37. The SMILES string of the molecule is COc1ccccc1C1CNCCN1C(=O)CCOc1ccccc1F.Cl. The summed E-state index contributed by atoms with van der Waals surface area (Å²) in [5.41, 5.74) is 0.977. The summed E-state index contributed by atoms with van der Waals surface area (Å²) in [4.78, 5) is 14.6. The fourth-order valence-corrected chi connectivity index (χ4v) is 3.18. The van der Waals surface area contributed by atoms with Gasteiger partial charge in [0.25, 0.3) is 0 Å². The van der Waals surface area contributed by atoms with E-state index in [1.165, 1.54) is 6.07 Å². The van der Waals surface area contributed by atoms with Crippen LogP contribution in [0.4, 0.5) is 4.39 Å². The van der Waals surface area contributed by atoms with E-state index in [-0.39, 0.29) is 43.1 Å². The van der Waals surface area contributed by atoms with Crippen LogP contribution in [0.5, 0.6) is 11.5 Å². The summed E-state index contributed by atoms with van der Waals surface area (Å²) < 4.78 is 24.5. The zero-order valence-electron chi connectivity index (χ0n) is 15.2. The molecule has 1 fully saturated rings. The number of carbonyl (C=O) groups excluding carboxylic acids is 1. The van der Waals surface area contributed by atoms with Crippen molar-refractivity contribution in [3.05, 3.63) is 59.9 Å². The van der Waals surface area contributed by atoms with Crippen molar-refractivity contribution < 1.29 is 18.7 Å². The monoisotopic (exact) mass is 394 g/mol. The van der Waals surface area contributed by atoms with Gasteiger partial charge in [0, 0.05) is 25.2 Å². The molecule has 2 aromatic rings. The molecule has 0 bridgehead atoms. The molecule has 146 valence electrons. The number of nitrogens with one attached hydrogen (secondary N) is 1. The Morgan fingerprint density at radius 1 is 1.19 bits per heavy atom. The smallest absolute Gasteiger partial charge is 0.226 e. The average Bonchev–Trinajstić information content (AvgIpc) is 2.69. The topological polar surface area (TPSA) is 50.8 Å². The highest BCUT2D eigenvalue weighted by atomic mass is 35.5. The normalized spacial score (nSPS) is 16.4. The van der Waals surface area contributed by atoms with Gasteiger partial charge in [0.2, 0.25) is 5.91 Å². The highest BCUT2D eigenvalue weighted by Gasteiger charge is 2.29. The number of carbonyl (C=O) groups is 1. The van der Waals surface area contributed by atoms with Crippen molar-refractivity contribution >= 4 is 18.3 Å². The van der Waals surface area contributed by atoms with Crippen molar-refractivity contribution in [1.82, 2.24) is 10.2 Å². The third kappa shape index (κ3) is 5.11. The third-order valence-electron chi connectivity index (χ3n) is 4.47. The molecule has 1 heterocycles. The molecule has 3 rings (SSSR count). The molecule has 1 atom stereocenters. The first kappa shape index (κ1) is 21.0. The number of benzene rings is 2. The molecule has 27 heavy (non-hydrogen) atoms. The van der Waals surface area contributed by atoms with Crippen molar-refractivity contribution in [2.45, 2.75) is 12.5 Å². The first-order valence-electron chi connectivity index (χ1n) is 8.71. The van der Waals surface area contributed by atoms with E-state index < -0.39 is 5.82 Å². The van der Waals surface area contributed by atoms with Gasteiger partial charge in [0.15, 0.2) is 11.6 Å². The summed E-state index contributed by atoms with van der Waals surface area (Å²) >= 11 is 0. The van der Waals surface area contributed by atoms with Gasteiger partial charge < -0.3 is 19.7 Å². The molecule has 1 saturated heterocycles. The van der Waals surface area contributed by atoms with Crippen LogP contribution in [-0.4, -0.2) is 44.2 Å². The maximum atomic E-state index is 13.6. The molecular formula is C20H24ClFN2O3. The molecule has 0 radical (unpaired) electrons. The van der Waals surface area contributed by atoms with Gasteiger partial charge in [0.1, 0.15) is 5.75 Å². The van der Waals surface area contributed by atoms with Crippen LogP contribution in [0, 0.1) is 5.82 Å². The second-order valence-electron chi connectivity index (χ2n) is 6.08. The van der Waals surface area contributed by atoms with Gasteiger partial charge in [-0.05, 0) is 18.2 Å². The Kier molecular flexibility index (Phi) is 7.88. The first-order chi connectivity index (χ1) is 12.7. The van der Waals surface area contributed by atoms with Crippen LogP contribution in [0.3, 0.4) is 0 Å². The molecule has 0 spiro atoms. The van der Waals surface area contributed by atoms with Crippen LogP contribution in [0.25, 0.3) is 0 Å². The molecule has 0 aliphatic carbocycles. The largest absolute Gasteiger partial charge is 0.496 e.